The largest absolute Gasteiger partial charge is 0.519 e. The molecule has 0 heterocycles. The fourth-order valence-corrected chi connectivity index (χ4v) is 0.573. The molecular formula is C9H14FNO5. The predicted octanol–water partition coefficient (Wildman–Crippen LogP) is 2.06. The van der Waals surface area contributed by atoms with Gasteiger partial charge in [0, 0.05) is 12.6 Å². The van der Waals surface area contributed by atoms with E-state index < -0.39 is 24.6 Å². The summed E-state index contributed by atoms with van der Waals surface area (Å²) in [5, 5.41) is 6.90. The minimum Gasteiger partial charge on any atom is -0.434 e. The van der Waals surface area contributed by atoms with Crippen LogP contribution in [0.25, 0.3) is 0 Å². The molecular weight excluding hydrogens is 221 g/mol. The van der Waals surface area contributed by atoms with Gasteiger partial charge in [-0.1, -0.05) is 0 Å². The van der Waals surface area contributed by atoms with Gasteiger partial charge in [0.15, 0.2) is 0 Å². The van der Waals surface area contributed by atoms with Crippen LogP contribution in [0.15, 0.2) is 0 Å². The van der Waals surface area contributed by atoms with Gasteiger partial charge < -0.3 is 19.6 Å². The van der Waals surface area contributed by atoms with Crippen LogP contribution in [0.3, 0.4) is 0 Å². The highest BCUT2D eigenvalue weighted by molar-refractivity contribution is 5.79. The lowest BCUT2D eigenvalue weighted by Gasteiger charge is -2.18. The van der Waals surface area contributed by atoms with Crippen molar-refractivity contribution in [1.29, 1.82) is 5.41 Å². The smallest absolute Gasteiger partial charge is 0.434 e. The molecule has 16 heavy (non-hydrogen) atoms. The third-order valence-electron chi connectivity index (χ3n) is 1.36. The molecule has 0 saturated heterocycles. The number of halogens is 1. The Morgan fingerprint density at radius 3 is 2.50 bits per heavy atom. The molecule has 0 fully saturated rings. The number of carbonyl (C=O) groups is 2. The Bertz CT molecular complexity index is 267. The summed E-state index contributed by atoms with van der Waals surface area (Å²) in [6.07, 6.45) is -1.60. The fourth-order valence-electron chi connectivity index (χ4n) is 0.573. The van der Waals surface area contributed by atoms with E-state index in [4.69, 9.17) is 5.41 Å². The maximum atomic E-state index is 11.6. The Morgan fingerprint density at radius 1 is 1.38 bits per heavy atom. The van der Waals surface area contributed by atoms with E-state index in [1.54, 1.807) is 0 Å². The highest BCUT2D eigenvalue weighted by Gasteiger charge is 2.23. The fraction of sp³-hybridized carbons (Fsp3) is 0.667. The topological polar surface area (TPSA) is 85.7 Å². The van der Waals surface area contributed by atoms with Crippen molar-refractivity contribution in [3.8, 4) is 0 Å². The average Bonchev–Trinajstić information content (AvgIpc) is 2.17. The minimum atomic E-state index is -1.27. The molecule has 0 aliphatic rings. The highest BCUT2D eigenvalue weighted by atomic mass is 19.1. The maximum absolute atomic E-state index is 11.6. The molecule has 0 atom stereocenters. The van der Waals surface area contributed by atoms with Gasteiger partial charge in [0.05, 0.1) is 13.3 Å². The number of nitrogens with one attached hydrogen (secondary N) is 1. The van der Waals surface area contributed by atoms with E-state index >= 15 is 0 Å². The third-order valence-corrected chi connectivity index (χ3v) is 1.36. The van der Waals surface area contributed by atoms with Gasteiger partial charge in [-0.2, -0.15) is 0 Å². The molecule has 0 aliphatic carbocycles. The molecule has 1 N–H and O–H groups in total. The van der Waals surface area contributed by atoms with E-state index in [0.29, 0.717) is 0 Å². The molecule has 0 saturated carbocycles. The van der Waals surface area contributed by atoms with Gasteiger partial charge in [0.2, 0.25) is 0 Å². The Morgan fingerprint density at radius 2 is 2.00 bits per heavy atom. The van der Waals surface area contributed by atoms with Crippen LogP contribution in [0.5, 0.6) is 0 Å². The summed E-state index contributed by atoms with van der Waals surface area (Å²) in [5.74, 6) is 0. The zero-order valence-electron chi connectivity index (χ0n) is 9.12. The molecule has 0 bridgehead atoms. The van der Waals surface area contributed by atoms with Crippen LogP contribution in [0.2, 0.25) is 0 Å². The molecule has 7 heteroatoms. The molecule has 0 aromatic rings. The molecule has 0 unspecified atom stereocenters. The molecule has 0 aliphatic heterocycles. The van der Waals surface area contributed by atoms with Gasteiger partial charge in [-0.3, -0.25) is 4.39 Å². The van der Waals surface area contributed by atoms with Crippen molar-refractivity contribution in [2.24, 2.45) is 0 Å². The van der Waals surface area contributed by atoms with Crippen molar-refractivity contribution < 1.29 is 28.2 Å². The summed E-state index contributed by atoms with van der Waals surface area (Å²) in [4.78, 5) is 21.7. The molecule has 0 aromatic carbocycles. The van der Waals surface area contributed by atoms with Crippen LogP contribution in [-0.2, 0) is 14.2 Å². The summed E-state index contributed by atoms with van der Waals surface area (Å²) in [6, 6.07) is 0. The van der Waals surface area contributed by atoms with E-state index in [1.807, 2.05) is 0 Å². The van der Waals surface area contributed by atoms with Crippen molar-refractivity contribution in [2.45, 2.75) is 25.9 Å². The Kier molecular flexibility index (Phi) is 6.06. The van der Waals surface area contributed by atoms with Crippen LogP contribution in [0.4, 0.5) is 14.0 Å². The third kappa shape index (κ3) is 6.74. The molecule has 6 nitrogen and oxygen atoms in total. The summed E-state index contributed by atoms with van der Waals surface area (Å²) >= 11 is 0. The number of ether oxygens (including phenoxy) is 3. The summed E-state index contributed by atoms with van der Waals surface area (Å²) < 4.78 is 24.6. The van der Waals surface area contributed by atoms with E-state index in [0.717, 1.165) is 6.21 Å². The Balaban J connectivity index is 3.87. The number of carbonyl (C=O) groups excluding carboxylic acids is 2. The maximum Gasteiger partial charge on any atom is 0.519 e. The molecule has 0 aromatic heterocycles. The van der Waals surface area contributed by atoms with Gasteiger partial charge in [0.25, 0.3) is 0 Å². The second-order valence-electron chi connectivity index (χ2n) is 3.34. The lowest BCUT2D eigenvalue weighted by Crippen LogP contribution is -2.30. The van der Waals surface area contributed by atoms with Crippen LogP contribution in [0.1, 0.15) is 20.3 Å². The zero-order valence-corrected chi connectivity index (χ0v) is 9.12. The van der Waals surface area contributed by atoms with Crippen LogP contribution in [0, 0.1) is 5.41 Å². The van der Waals surface area contributed by atoms with Crippen molar-refractivity contribution >= 4 is 18.5 Å². The summed E-state index contributed by atoms with van der Waals surface area (Å²) in [7, 11) is 0. The van der Waals surface area contributed by atoms with Crippen LogP contribution < -0.4 is 0 Å². The standard InChI is InChI=1S/C9H14FNO5/c1-9(2,6-11)16-8(13)15-7(12)14-5-3-4-10/h6,11H,3-5H2,1-2H3. The van der Waals surface area contributed by atoms with Crippen molar-refractivity contribution in [3.63, 3.8) is 0 Å². The first kappa shape index (κ1) is 14.3. The monoisotopic (exact) mass is 235 g/mol. The number of hydrogen-bond acceptors (Lipinski definition) is 6. The minimum absolute atomic E-state index is 0.0378. The number of rotatable bonds is 5. The van der Waals surface area contributed by atoms with Crippen molar-refractivity contribution in [3.05, 3.63) is 0 Å². The number of hydrogen-bond donors (Lipinski definition) is 1. The lowest BCUT2D eigenvalue weighted by molar-refractivity contribution is 0.00990. The first-order valence-corrected chi connectivity index (χ1v) is 4.56. The van der Waals surface area contributed by atoms with Gasteiger partial charge in [-0.05, 0) is 13.8 Å². The quantitative estimate of drug-likeness (QED) is 0.341. The van der Waals surface area contributed by atoms with Gasteiger partial charge in [-0.25, -0.2) is 9.59 Å². The lowest BCUT2D eigenvalue weighted by atomic mass is 10.2. The molecule has 0 amide bonds. The molecule has 0 spiro atoms. The highest BCUT2D eigenvalue weighted by Crippen LogP contribution is 2.07. The van der Waals surface area contributed by atoms with E-state index in [-0.39, 0.29) is 13.0 Å². The summed E-state index contributed by atoms with van der Waals surface area (Å²) in [5.41, 5.74) is -1.16. The second-order valence-corrected chi connectivity index (χ2v) is 3.34. The predicted molar refractivity (Wildman–Crippen MR) is 52.4 cm³/mol. The second kappa shape index (κ2) is 6.76. The number of alkyl halides is 1. The molecule has 92 valence electrons. The normalized spacial score (nSPS) is 10.4. The van der Waals surface area contributed by atoms with Crippen molar-refractivity contribution in [1.82, 2.24) is 0 Å². The molecule has 0 radical (unpaired) electrons. The van der Waals surface area contributed by atoms with Crippen LogP contribution >= 0.6 is 0 Å². The van der Waals surface area contributed by atoms with Gasteiger partial charge in [0.1, 0.15) is 5.60 Å². The van der Waals surface area contributed by atoms with E-state index in [9.17, 15) is 14.0 Å². The summed E-state index contributed by atoms with van der Waals surface area (Å²) in [6.45, 7) is 2.08. The first-order valence-electron chi connectivity index (χ1n) is 4.56. The first-order chi connectivity index (χ1) is 7.41. The van der Waals surface area contributed by atoms with Crippen LogP contribution in [-0.4, -0.2) is 37.4 Å². The van der Waals surface area contributed by atoms with Gasteiger partial charge in [-0.15, -0.1) is 0 Å². The average molecular weight is 235 g/mol. The SMILES string of the molecule is CC(C)(C=N)OC(=O)OC(=O)OCCCF. The van der Waals surface area contributed by atoms with Gasteiger partial charge >= 0.3 is 12.3 Å². The Labute approximate surface area is 92.2 Å². The van der Waals surface area contributed by atoms with Crippen molar-refractivity contribution in [2.75, 3.05) is 13.3 Å². The van der Waals surface area contributed by atoms with E-state index in [1.165, 1.54) is 13.8 Å². The van der Waals surface area contributed by atoms with E-state index in [2.05, 4.69) is 14.2 Å². The molecule has 0 rings (SSSR count). The zero-order chi connectivity index (χ0) is 12.6. The Hall–Kier alpha value is -1.66.